The van der Waals surface area contributed by atoms with E-state index in [1.165, 1.54) is 29.2 Å². The topological polar surface area (TPSA) is 70.1 Å². The van der Waals surface area contributed by atoms with E-state index in [9.17, 15) is 19.1 Å². The van der Waals surface area contributed by atoms with Gasteiger partial charge in [0.15, 0.2) is 0 Å². The molecular formula is C25H27FN2O4. The first-order valence-corrected chi connectivity index (χ1v) is 10.3. The Bertz CT molecular complexity index is 1060. The number of likely N-dealkylation sites (tertiary alicyclic amines) is 1. The van der Waals surface area contributed by atoms with Crippen molar-refractivity contribution in [2.75, 3.05) is 33.8 Å². The van der Waals surface area contributed by atoms with Crippen LogP contribution in [0.15, 0.2) is 60.7 Å². The number of amides is 1. The van der Waals surface area contributed by atoms with E-state index in [-0.39, 0.29) is 17.9 Å². The first-order valence-electron chi connectivity index (χ1n) is 10.3. The van der Waals surface area contributed by atoms with Gasteiger partial charge in [0.2, 0.25) is 0 Å². The van der Waals surface area contributed by atoms with Gasteiger partial charge in [-0.15, -0.1) is 0 Å². The Hall–Kier alpha value is -3.45. The van der Waals surface area contributed by atoms with Gasteiger partial charge >= 0.3 is 0 Å². The lowest BCUT2D eigenvalue weighted by atomic mass is 9.94. The zero-order valence-corrected chi connectivity index (χ0v) is 18.5. The van der Waals surface area contributed by atoms with Crippen LogP contribution in [0.5, 0.6) is 5.75 Å². The van der Waals surface area contributed by atoms with Crippen molar-refractivity contribution in [2.24, 2.45) is 0 Å². The van der Waals surface area contributed by atoms with E-state index >= 15 is 0 Å². The molecule has 1 saturated heterocycles. The lowest BCUT2D eigenvalue weighted by Crippen LogP contribution is -2.35. The highest BCUT2D eigenvalue weighted by Gasteiger charge is 2.46. The molecule has 1 atom stereocenters. The van der Waals surface area contributed by atoms with Gasteiger partial charge in [-0.05, 0) is 62.5 Å². The molecule has 0 spiro atoms. The van der Waals surface area contributed by atoms with Crippen molar-refractivity contribution in [1.29, 1.82) is 0 Å². The summed E-state index contributed by atoms with van der Waals surface area (Å²) in [6.07, 6.45) is 1.63. The van der Waals surface area contributed by atoms with Gasteiger partial charge in [-0.2, -0.15) is 0 Å². The smallest absolute Gasteiger partial charge is 0.295 e. The molecule has 7 heteroatoms. The summed E-state index contributed by atoms with van der Waals surface area (Å²) in [6, 6.07) is 9.87. The summed E-state index contributed by atoms with van der Waals surface area (Å²) in [7, 11) is 3.73. The number of Topliss-reactive ketones (excluding diaryl/α,β-unsaturated/α-hetero) is 1. The predicted molar refractivity (Wildman–Crippen MR) is 121 cm³/mol. The van der Waals surface area contributed by atoms with Crippen LogP contribution in [-0.4, -0.2) is 60.4 Å². The summed E-state index contributed by atoms with van der Waals surface area (Å²) >= 11 is 0. The van der Waals surface area contributed by atoms with Gasteiger partial charge in [0.25, 0.3) is 11.7 Å². The van der Waals surface area contributed by atoms with Crippen LogP contribution in [0.1, 0.15) is 22.7 Å². The Morgan fingerprint density at radius 1 is 1.22 bits per heavy atom. The second kappa shape index (κ2) is 9.78. The highest BCUT2D eigenvalue weighted by atomic mass is 19.1. The Labute approximate surface area is 187 Å². The van der Waals surface area contributed by atoms with Crippen LogP contribution in [0.4, 0.5) is 4.39 Å². The average molecular weight is 438 g/mol. The Kier molecular flexibility index (Phi) is 7.10. The maximum absolute atomic E-state index is 13.5. The number of carbonyl (C=O) groups is 2. The molecule has 0 saturated carbocycles. The normalized spacial score (nSPS) is 17.8. The quantitative estimate of drug-likeness (QED) is 0.295. The highest BCUT2D eigenvalue weighted by Crippen LogP contribution is 2.40. The van der Waals surface area contributed by atoms with Crippen molar-refractivity contribution in [3.63, 3.8) is 0 Å². The molecule has 1 amide bonds. The van der Waals surface area contributed by atoms with Gasteiger partial charge in [0.1, 0.15) is 23.9 Å². The molecule has 1 fully saturated rings. The van der Waals surface area contributed by atoms with Crippen LogP contribution in [0.2, 0.25) is 0 Å². The Morgan fingerprint density at radius 3 is 2.50 bits per heavy atom. The SMILES string of the molecule is C=CCOc1ccc(C(O)=C2C(=O)C(=O)N(CCN(C)C)[C@H]2c2ccc(F)cc2)c(C)c1. The number of hydrogen-bond donors (Lipinski definition) is 1. The van der Waals surface area contributed by atoms with Crippen LogP contribution < -0.4 is 4.74 Å². The molecule has 168 valence electrons. The largest absolute Gasteiger partial charge is 0.507 e. The van der Waals surface area contributed by atoms with E-state index in [0.29, 0.717) is 35.6 Å². The van der Waals surface area contributed by atoms with Gasteiger partial charge in [-0.1, -0.05) is 24.8 Å². The molecular weight excluding hydrogens is 411 g/mol. The van der Waals surface area contributed by atoms with Crippen molar-refractivity contribution in [3.05, 3.63) is 83.2 Å². The monoisotopic (exact) mass is 438 g/mol. The summed E-state index contributed by atoms with van der Waals surface area (Å²) in [5.41, 5.74) is 1.65. The third kappa shape index (κ3) is 4.73. The van der Waals surface area contributed by atoms with Gasteiger partial charge in [-0.25, -0.2) is 4.39 Å². The molecule has 0 aromatic heterocycles. The summed E-state index contributed by atoms with van der Waals surface area (Å²) in [6.45, 7) is 6.54. The van der Waals surface area contributed by atoms with Gasteiger partial charge < -0.3 is 19.6 Å². The summed E-state index contributed by atoms with van der Waals surface area (Å²) < 4.78 is 19.1. The van der Waals surface area contributed by atoms with Gasteiger partial charge in [0.05, 0.1) is 11.6 Å². The number of aliphatic hydroxyl groups excluding tert-OH is 1. The molecule has 2 aromatic rings. The Balaban J connectivity index is 2.11. The molecule has 0 aliphatic carbocycles. The van der Waals surface area contributed by atoms with E-state index in [1.807, 2.05) is 19.0 Å². The first-order chi connectivity index (χ1) is 15.2. The third-order valence-electron chi connectivity index (χ3n) is 5.33. The second-order valence-corrected chi connectivity index (χ2v) is 7.92. The van der Waals surface area contributed by atoms with Gasteiger partial charge in [-0.3, -0.25) is 9.59 Å². The lowest BCUT2D eigenvalue weighted by molar-refractivity contribution is -0.140. The molecule has 32 heavy (non-hydrogen) atoms. The van der Waals surface area contributed by atoms with Crippen LogP contribution in [0.25, 0.3) is 5.76 Å². The standard InChI is InChI=1S/C25H27FN2O4/c1-5-14-32-19-10-11-20(16(2)15-19)23(29)21-22(17-6-8-18(26)9-7-17)28(13-12-27(3)4)25(31)24(21)30/h5-11,15,22,29H,1,12-14H2,2-4H3/t22-/m0/s1. The minimum atomic E-state index is -0.813. The minimum absolute atomic E-state index is 0.0109. The second-order valence-electron chi connectivity index (χ2n) is 7.92. The Morgan fingerprint density at radius 2 is 1.91 bits per heavy atom. The summed E-state index contributed by atoms with van der Waals surface area (Å²) in [5, 5.41) is 11.2. The van der Waals surface area contributed by atoms with Crippen LogP contribution in [0.3, 0.4) is 0 Å². The maximum atomic E-state index is 13.5. The van der Waals surface area contributed by atoms with E-state index < -0.39 is 23.5 Å². The van der Waals surface area contributed by atoms with Crippen LogP contribution in [0, 0.1) is 12.7 Å². The third-order valence-corrected chi connectivity index (χ3v) is 5.33. The van der Waals surface area contributed by atoms with Crippen molar-refractivity contribution in [1.82, 2.24) is 9.80 Å². The van der Waals surface area contributed by atoms with E-state index in [1.54, 1.807) is 31.2 Å². The van der Waals surface area contributed by atoms with E-state index in [0.717, 1.165) is 0 Å². The number of aryl methyl sites for hydroxylation is 1. The van der Waals surface area contributed by atoms with Crippen molar-refractivity contribution >= 4 is 17.4 Å². The molecule has 2 aromatic carbocycles. The zero-order chi connectivity index (χ0) is 23.4. The first kappa shape index (κ1) is 23.2. The fourth-order valence-electron chi connectivity index (χ4n) is 3.70. The fourth-order valence-corrected chi connectivity index (χ4v) is 3.70. The molecule has 1 N–H and O–H groups in total. The minimum Gasteiger partial charge on any atom is -0.507 e. The number of ketones is 1. The van der Waals surface area contributed by atoms with E-state index in [4.69, 9.17) is 4.74 Å². The molecule has 3 rings (SSSR count). The van der Waals surface area contributed by atoms with Crippen molar-refractivity contribution in [2.45, 2.75) is 13.0 Å². The molecule has 0 bridgehead atoms. The summed E-state index contributed by atoms with van der Waals surface area (Å²) in [5.74, 6) is -1.54. The number of carbonyl (C=O) groups excluding carboxylic acids is 2. The average Bonchev–Trinajstić information content (AvgIpc) is 3.01. The predicted octanol–water partition coefficient (Wildman–Crippen LogP) is 3.68. The highest BCUT2D eigenvalue weighted by molar-refractivity contribution is 6.46. The number of ether oxygens (including phenoxy) is 1. The molecule has 1 heterocycles. The number of aliphatic hydroxyl groups is 1. The molecule has 0 unspecified atom stereocenters. The number of likely N-dealkylation sites (N-methyl/N-ethyl adjacent to an activating group) is 1. The number of benzene rings is 2. The van der Waals surface area contributed by atoms with Gasteiger partial charge in [0, 0.05) is 18.7 Å². The molecule has 0 radical (unpaired) electrons. The fraction of sp³-hybridized carbons (Fsp3) is 0.280. The molecule has 1 aliphatic rings. The zero-order valence-electron chi connectivity index (χ0n) is 18.5. The maximum Gasteiger partial charge on any atom is 0.295 e. The number of hydrogen-bond acceptors (Lipinski definition) is 5. The van der Waals surface area contributed by atoms with Crippen LogP contribution in [-0.2, 0) is 9.59 Å². The van der Waals surface area contributed by atoms with E-state index in [2.05, 4.69) is 6.58 Å². The van der Waals surface area contributed by atoms with Crippen molar-refractivity contribution < 1.29 is 23.8 Å². The lowest BCUT2D eigenvalue weighted by Gasteiger charge is -2.26. The molecule has 6 nitrogen and oxygen atoms in total. The number of nitrogens with zero attached hydrogens (tertiary/aromatic N) is 2. The summed E-state index contributed by atoms with van der Waals surface area (Å²) in [4.78, 5) is 29.2. The number of rotatable bonds is 8. The van der Waals surface area contributed by atoms with Crippen LogP contribution >= 0.6 is 0 Å². The molecule has 1 aliphatic heterocycles. The van der Waals surface area contributed by atoms with Crippen molar-refractivity contribution in [3.8, 4) is 5.75 Å². The number of halogens is 1.